The van der Waals surface area contributed by atoms with Gasteiger partial charge in [-0.25, -0.2) is 4.39 Å². The third kappa shape index (κ3) is 3.02. The van der Waals surface area contributed by atoms with Crippen LogP contribution < -0.4 is 10.5 Å². The molecule has 1 heterocycles. The van der Waals surface area contributed by atoms with Crippen LogP contribution in [0.1, 0.15) is 29.9 Å². The SMILES string of the molecule is Cc1nn(C)c(COc2ccc(F)cc2C(C)N)c1Br. The second-order valence-corrected chi connectivity index (χ2v) is 5.52. The highest BCUT2D eigenvalue weighted by Gasteiger charge is 2.14. The Morgan fingerprint density at radius 1 is 1.50 bits per heavy atom. The number of hydrogen-bond acceptors (Lipinski definition) is 3. The fourth-order valence-electron chi connectivity index (χ4n) is 1.99. The number of nitrogens with zero attached hydrogens (tertiary/aromatic N) is 2. The molecule has 6 heteroatoms. The van der Waals surface area contributed by atoms with E-state index in [1.807, 2.05) is 14.0 Å². The maximum absolute atomic E-state index is 13.3. The largest absolute Gasteiger partial charge is 0.487 e. The molecule has 1 unspecified atom stereocenters. The second kappa shape index (κ2) is 5.93. The third-order valence-electron chi connectivity index (χ3n) is 3.09. The van der Waals surface area contributed by atoms with Crippen molar-refractivity contribution >= 4 is 15.9 Å². The average molecular weight is 342 g/mol. The topological polar surface area (TPSA) is 53.1 Å². The number of hydrogen-bond donors (Lipinski definition) is 1. The van der Waals surface area contributed by atoms with Crippen LogP contribution in [0.25, 0.3) is 0 Å². The van der Waals surface area contributed by atoms with Gasteiger partial charge in [0.1, 0.15) is 18.2 Å². The van der Waals surface area contributed by atoms with E-state index in [-0.39, 0.29) is 11.9 Å². The van der Waals surface area contributed by atoms with Crippen LogP contribution in [-0.2, 0) is 13.7 Å². The summed E-state index contributed by atoms with van der Waals surface area (Å²) in [6, 6.07) is 4.08. The zero-order valence-electron chi connectivity index (χ0n) is 11.7. The molecule has 2 rings (SSSR count). The molecule has 0 saturated carbocycles. The highest BCUT2D eigenvalue weighted by Crippen LogP contribution is 2.27. The van der Waals surface area contributed by atoms with Crippen molar-refractivity contribution in [2.24, 2.45) is 12.8 Å². The Labute approximate surface area is 125 Å². The Balaban J connectivity index is 2.23. The monoisotopic (exact) mass is 341 g/mol. The smallest absolute Gasteiger partial charge is 0.131 e. The second-order valence-electron chi connectivity index (χ2n) is 4.73. The maximum Gasteiger partial charge on any atom is 0.131 e. The van der Waals surface area contributed by atoms with Gasteiger partial charge in [-0.05, 0) is 48.0 Å². The first-order valence-corrected chi connectivity index (χ1v) is 7.05. The van der Waals surface area contributed by atoms with Gasteiger partial charge < -0.3 is 10.5 Å². The number of ether oxygens (including phenoxy) is 1. The van der Waals surface area contributed by atoms with Gasteiger partial charge in [-0.15, -0.1) is 0 Å². The van der Waals surface area contributed by atoms with Gasteiger partial charge in [-0.2, -0.15) is 5.10 Å². The van der Waals surface area contributed by atoms with Crippen molar-refractivity contribution in [2.75, 3.05) is 0 Å². The van der Waals surface area contributed by atoms with Gasteiger partial charge >= 0.3 is 0 Å². The molecule has 0 aliphatic rings. The highest BCUT2D eigenvalue weighted by atomic mass is 79.9. The van der Waals surface area contributed by atoms with Crippen molar-refractivity contribution in [1.82, 2.24) is 9.78 Å². The Bertz CT molecular complexity index is 625. The van der Waals surface area contributed by atoms with E-state index >= 15 is 0 Å². The van der Waals surface area contributed by atoms with Crippen LogP contribution in [0.5, 0.6) is 5.75 Å². The summed E-state index contributed by atoms with van der Waals surface area (Å²) in [5.74, 6) is 0.273. The lowest BCUT2D eigenvalue weighted by Gasteiger charge is -2.14. The fraction of sp³-hybridized carbons (Fsp3) is 0.357. The Morgan fingerprint density at radius 2 is 2.20 bits per heavy atom. The summed E-state index contributed by atoms with van der Waals surface area (Å²) < 4.78 is 21.7. The van der Waals surface area contributed by atoms with E-state index in [0.29, 0.717) is 17.9 Å². The first-order chi connectivity index (χ1) is 9.40. The van der Waals surface area contributed by atoms with E-state index < -0.39 is 0 Å². The molecule has 2 aromatic rings. The summed E-state index contributed by atoms with van der Waals surface area (Å²) in [5.41, 5.74) is 8.32. The maximum atomic E-state index is 13.3. The summed E-state index contributed by atoms with van der Waals surface area (Å²) >= 11 is 3.49. The first-order valence-electron chi connectivity index (χ1n) is 6.26. The van der Waals surface area contributed by atoms with Gasteiger partial charge in [0.05, 0.1) is 15.9 Å². The molecule has 108 valence electrons. The number of rotatable bonds is 4. The van der Waals surface area contributed by atoms with E-state index in [4.69, 9.17) is 10.5 Å². The highest BCUT2D eigenvalue weighted by molar-refractivity contribution is 9.10. The molecule has 0 aliphatic heterocycles. The van der Waals surface area contributed by atoms with E-state index in [1.54, 1.807) is 17.7 Å². The van der Waals surface area contributed by atoms with Crippen LogP contribution in [0.3, 0.4) is 0 Å². The van der Waals surface area contributed by atoms with Crippen molar-refractivity contribution in [1.29, 1.82) is 0 Å². The third-order valence-corrected chi connectivity index (χ3v) is 4.12. The van der Waals surface area contributed by atoms with Gasteiger partial charge in [0.15, 0.2) is 0 Å². The molecule has 0 saturated heterocycles. The van der Waals surface area contributed by atoms with Crippen LogP contribution >= 0.6 is 15.9 Å². The molecule has 2 N–H and O–H groups in total. The molecule has 0 amide bonds. The summed E-state index contributed by atoms with van der Waals surface area (Å²) in [6.45, 7) is 4.05. The molecular formula is C14H17BrFN3O. The van der Waals surface area contributed by atoms with Gasteiger partial charge in [0.2, 0.25) is 0 Å². The zero-order valence-corrected chi connectivity index (χ0v) is 13.2. The summed E-state index contributed by atoms with van der Waals surface area (Å²) in [5, 5.41) is 4.30. The summed E-state index contributed by atoms with van der Waals surface area (Å²) in [7, 11) is 1.85. The van der Waals surface area contributed by atoms with E-state index in [1.165, 1.54) is 12.1 Å². The molecule has 0 bridgehead atoms. The zero-order chi connectivity index (χ0) is 14.9. The molecule has 1 atom stereocenters. The van der Waals surface area contributed by atoms with Gasteiger partial charge in [-0.1, -0.05) is 0 Å². The minimum atomic E-state index is -0.317. The van der Waals surface area contributed by atoms with E-state index in [9.17, 15) is 4.39 Å². The molecular weight excluding hydrogens is 325 g/mol. The van der Waals surface area contributed by atoms with Gasteiger partial charge in [-0.3, -0.25) is 4.68 Å². The first kappa shape index (κ1) is 15.0. The standard InChI is InChI=1S/C14H17BrFN3O/c1-8(17)11-6-10(16)4-5-13(11)20-7-12-14(15)9(2)18-19(12)3/h4-6,8H,7,17H2,1-3H3. The number of nitrogens with two attached hydrogens (primary N) is 1. The van der Waals surface area contributed by atoms with Gasteiger partial charge in [0, 0.05) is 18.7 Å². The lowest BCUT2D eigenvalue weighted by atomic mass is 10.1. The lowest BCUT2D eigenvalue weighted by Crippen LogP contribution is -2.10. The minimum absolute atomic E-state index is 0.294. The van der Waals surface area contributed by atoms with Crippen molar-refractivity contribution in [2.45, 2.75) is 26.5 Å². The molecule has 4 nitrogen and oxygen atoms in total. The summed E-state index contributed by atoms with van der Waals surface area (Å²) in [6.07, 6.45) is 0. The van der Waals surface area contributed by atoms with Crippen molar-refractivity contribution in [3.8, 4) is 5.75 Å². The quantitative estimate of drug-likeness (QED) is 0.928. The molecule has 0 spiro atoms. The average Bonchev–Trinajstić information content (AvgIpc) is 2.62. The van der Waals surface area contributed by atoms with E-state index in [0.717, 1.165) is 15.9 Å². The number of aromatic nitrogens is 2. The molecule has 0 aliphatic carbocycles. The van der Waals surface area contributed by atoms with Crippen molar-refractivity contribution in [3.63, 3.8) is 0 Å². The summed E-state index contributed by atoms with van der Waals surface area (Å²) in [4.78, 5) is 0. The van der Waals surface area contributed by atoms with Crippen molar-refractivity contribution < 1.29 is 9.13 Å². The predicted molar refractivity (Wildman–Crippen MR) is 79.0 cm³/mol. The number of halogens is 2. The minimum Gasteiger partial charge on any atom is -0.487 e. The number of benzene rings is 1. The van der Waals surface area contributed by atoms with Crippen LogP contribution in [-0.4, -0.2) is 9.78 Å². The van der Waals surface area contributed by atoms with Crippen molar-refractivity contribution in [3.05, 3.63) is 45.4 Å². The Morgan fingerprint density at radius 3 is 2.75 bits per heavy atom. The van der Waals surface area contributed by atoms with Gasteiger partial charge in [0.25, 0.3) is 0 Å². The predicted octanol–water partition coefficient (Wildman–Crippen LogP) is 3.23. The Kier molecular flexibility index (Phi) is 4.45. The molecule has 0 radical (unpaired) electrons. The normalized spacial score (nSPS) is 12.5. The van der Waals surface area contributed by atoms with Crippen LogP contribution in [0, 0.1) is 12.7 Å². The molecule has 20 heavy (non-hydrogen) atoms. The molecule has 0 fully saturated rings. The Hall–Kier alpha value is -1.40. The number of aryl methyl sites for hydroxylation is 2. The van der Waals surface area contributed by atoms with Crippen LogP contribution in [0.2, 0.25) is 0 Å². The lowest BCUT2D eigenvalue weighted by molar-refractivity contribution is 0.289. The fourth-order valence-corrected chi connectivity index (χ4v) is 2.44. The molecule has 1 aromatic carbocycles. The van der Waals surface area contributed by atoms with Crippen LogP contribution in [0.4, 0.5) is 4.39 Å². The molecule has 1 aromatic heterocycles. The van der Waals surface area contributed by atoms with Crippen LogP contribution in [0.15, 0.2) is 22.7 Å². The van der Waals surface area contributed by atoms with E-state index in [2.05, 4.69) is 21.0 Å².